The lowest BCUT2D eigenvalue weighted by molar-refractivity contribution is 0.347. The molecule has 1 aromatic carbocycles. The lowest BCUT2D eigenvalue weighted by Crippen LogP contribution is -2.10. The van der Waals surface area contributed by atoms with Crippen LogP contribution < -0.4 is 4.74 Å². The van der Waals surface area contributed by atoms with Gasteiger partial charge in [-0.2, -0.15) is 0 Å². The van der Waals surface area contributed by atoms with Crippen LogP contribution in [0.5, 0.6) is 5.75 Å². The van der Waals surface area contributed by atoms with Crippen molar-refractivity contribution in [3.8, 4) is 5.75 Å². The molecular weight excluding hydrogens is 196 g/mol. The van der Waals surface area contributed by atoms with Gasteiger partial charge in [-0.15, -0.1) is 0 Å². The van der Waals surface area contributed by atoms with Gasteiger partial charge in [-0.05, 0) is 42.4 Å². The van der Waals surface area contributed by atoms with E-state index in [2.05, 4.69) is 31.2 Å². The van der Waals surface area contributed by atoms with E-state index in [0.29, 0.717) is 0 Å². The minimum Gasteiger partial charge on any atom is -0.497 e. The molecule has 1 saturated carbocycles. The fraction of sp³-hybridized carbons (Fsp3) is 0.600. The quantitative estimate of drug-likeness (QED) is 0.693. The molecule has 0 atom stereocenters. The normalized spacial score (nSPS) is 24.6. The standard InChI is InChI=1S/C14H20O.CH4.H2/c1-11-3-5-12(6-4-11)13-7-9-14(15-2)10-8-13;;/h7-12H,3-6H2,1-2H3;1H4;1H. The average molecular weight is 222 g/mol. The number of ether oxygens (including phenoxy) is 1. The SMILES string of the molecule is C.COc1ccc(C2CCC(C)CC2)cc1.[HH]. The molecule has 92 valence electrons. The van der Waals surface area contributed by atoms with Crippen molar-refractivity contribution in [3.63, 3.8) is 0 Å². The van der Waals surface area contributed by atoms with Crippen molar-refractivity contribution in [3.05, 3.63) is 29.8 Å². The average Bonchev–Trinajstić information content (AvgIpc) is 2.30. The largest absolute Gasteiger partial charge is 0.497 e. The van der Waals surface area contributed by atoms with Crippen molar-refractivity contribution >= 4 is 0 Å². The minimum atomic E-state index is 0. The lowest BCUT2D eigenvalue weighted by Gasteiger charge is -2.26. The van der Waals surface area contributed by atoms with Gasteiger partial charge in [-0.1, -0.05) is 39.3 Å². The maximum atomic E-state index is 5.17. The molecule has 0 aromatic heterocycles. The zero-order valence-corrected chi connectivity index (χ0v) is 9.70. The Morgan fingerprint density at radius 1 is 1.06 bits per heavy atom. The highest BCUT2D eigenvalue weighted by molar-refractivity contribution is 5.29. The van der Waals surface area contributed by atoms with E-state index in [1.807, 2.05) is 0 Å². The Labute approximate surface area is 101 Å². The maximum Gasteiger partial charge on any atom is 0.118 e. The zero-order chi connectivity index (χ0) is 10.7. The fourth-order valence-electron chi connectivity index (χ4n) is 2.47. The smallest absolute Gasteiger partial charge is 0.118 e. The van der Waals surface area contributed by atoms with Crippen LogP contribution in [0.15, 0.2) is 24.3 Å². The lowest BCUT2D eigenvalue weighted by atomic mass is 9.79. The highest BCUT2D eigenvalue weighted by atomic mass is 16.5. The first kappa shape index (κ1) is 13.1. The van der Waals surface area contributed by atoms with E-state index in [1.165, 1.54) is 31.2 Å². The molecule has 0 N–H and O–H groups in total. The first-order chi connectivity index (χ1) is 7.29. The van der Waals surface area contributed by atoms with Gasteiger partial charge in [0.2, 0.25) is 0 Å². The number of hydrogen-bond donors (Lipinski definition) is 0. The number of rotatable bonds is 2. The third-order valence-corrected chi connectivity index (χ3v) is 3.60. The second kappa shape index (κ2) is 5.93. The molecule has 1 fully saturated rings. The molecule has 1 nitrogen and oxygen atoms in total. The van der Waals surface area contributed by atoms with Gasteiger partial charge in [0.15, 0.2) is 0 Å². The Balaban J connectivity index is 0.00000128. The van der Waals surface area contributed by atoms with Crippen LogP contribution in [0.2, 0.25) is 0 Å². The van der Waals surface area contributed by atoms with Gasteiger partial charge >= 0.3 is 0 Å². The molecule has 16 heavy (non-hydrogen) atoms. The highest BCUT2D eigenvalue weighted by Gasteiger charge is 2.19. The Hall–Kier alpha value is -0.980. The van der Waals surface area contributed by atoms with Crippen LogP contribution in [0.4, 0.5) is 0 Å². The molecular formula is C15H26O. The Morgan fingerprint density at radius 3 is 2.12 bits per heavy atom. The summed E-state index contributed by atoms with van der Waals surface area (Å²) in [5, 5.41) is 0. The number of benzene rings is 1. The Morgan fingerprint density at radius 2 is 1.62 bits per heavy atom. The molecule has 1 aromatic rings. The zero-order valence-electron chi connectivity index (χ0n) is 9.70. The second-order valence-corrected chi connectivity index (χ2v) is 4.73. The van der Waals surface area contributed by atoms with Crippen LogP contribution in [0.3, 0.4) is 0 Å². The summed E-state index contributed by atoms with van der Waals surface area (Å²) < 4.78 is 5.17. The summed E-state index contributed by atoms with van der Waals surface area (Å²) >= 11 is 0. The van der Waals surface area contributed by atoms with E-state index < -0.39 is 0 Å². The Bertz CT molecular complexity index is 299. The van der Waals surface area contributed by atoms with Crippen molar-refractivity contribution in [1.29, 1.82) is 0 Å². The van der Waals surface area contributed by atoms with E-state index in [4.69, 9.17) is 4.74 Å². The van der Waals surface area contributed by atoms with E-state index >= 15 is 0 Å². The topological polar surface area (TPSA) is 9.23 Å². The first-order valence-corrected chi connectivity index (χ1v) is 5.93. The van der Waals surface area contributed by atoms with E-state index in [-0.39, 0.29) is 8.85 Å². The van der Waals surface area contributed by atoms with Crippen molar-refractivity contribution < 1.29 is 6.16 Å². The molecule has 0 aliphatic heterocycles. The molecule has 0 bridgehead atoms. The van der Waals surface area contributed by atoms with Crippen LogP contribution in [0.25, 0.3) is 0 Å². The van der Waals surface area contributed by atoms with Gasteiger partial charge in [0.1, 0.15) is 5.75 Å². The van der Waals surface area contributed by atoms with E-state index in [0.717, 1.165) is 17.6 Å². The molecule has 1 heteroatoms. The third-order valence-electron chi connectivity index (χ3n) is 3.60. The monoisotopic (exact) mass is 222 g/mol. The van der Waals surface area contributed by atoms with Crippen molar-refractivity contribution in [2.75, 3.05) is 7.11 Å². The van der Waals surface area contributed by atoms with Gasteiger partial charge in [0.05, 0.1) is 7.11 Å². The molecule has 0 saturated heterocycles. The highest BCUT2D eigenvalue weighted by Crippen LogP contribution is 2.35. The van der Waals surface area contributed by atoms with Crippen molar-refractivity contribution in [2.24, 2.45) is 5.92 Å². The maximum absolute atomic E-state index is 5.17. The fourth-order valence-corrected chi connectivity index (χ4v) is 2.47. The van der Waals surface area contributed by atoms with Gasteiger partial charge < -0.3 is 4.74 Å². The second-order valence-electron chi connectivity index (χ2n) is 4.73. The molecule has 0 radical (unpaired) electrons. The van der Waals surface area contributed by atoms with E-state index in [1.54, 1.807) is 7.11 Å². The molecule has 0 spiro atoms. The summed E-state index contributed by atoms with van der Waals surface area (Å²) in [6, 6.07) is 8.60. The molecule has 0 amide bonds. The molecule has 2 rings (SSSR count). The predicted octanol–water partition coefficient (Wildman–Crippen LogP) is 4.87. The van der Waals surface area contributed by atoms with Crippen LogP contribution in [-0.2, 0) is 0 Å². The molecule has 0 heterocycles. The summed E-state index contributed by atoms with van der Waals surface area (Å²) in [6.07, 6.45) is 5.48. The third kappa shape index (κ3) is 3.01. The first-order valence-electron chi connectivity index (χ1n) is 5.93. The van der Waals surface area contributed by atoms with Crippen LogP contribution in [-0.4, -0.2) is 7.11 Å². The van der Waals surface area contributed by atoms with Crippen molar-refractivity contribution in [2.45, 2.75) is 46.0 Å². The summed E-state index contributed by atoms with van der Waals surface area (Å²) in [4.78, 5) is 0. The summed E-state index contributed by atoms with van der Waals surface area (Å²) in [7, 11) is 1.72. The minimum absolute atomic E-state index is 0. The molecule has 1 aliphatic rings. The van der Waals surface area contributed by atoms with Crippen LogP contribution in [0.1, 0.15) is 52.9 Å². The summed E-state index contributed by atoms with van der Waals surface area (Å²) in [6.45, 7) is 2.37. The van der Waals surface area contributed by atoms with Gasteiger partial charge in [-0.25, -0.2) is 0 Å². The number of methoxy groups -OCH3 is 1. The molecule has 1 aliphatic carbocycles. The summed E-state index contributed by atoms with van der Waals surface area (Å²) in [5.74, 6) is 2.68. The van der Waals surface area contributed by atoms with Gasteiger partial charge in [-0.3, -0.25) is 0 Å². The van der Waals surface area contributed by atoms with Gasteiger partial charge in [0, 0.05) is 1.43 Å². The Kier molecular flexibility index (Phi) is 4.85. The molecule has 0 unspecified atom stereocenters. The van der Waals surface area contributed by atoms with Gasteiger partial charge in [0.25, 0.3) is 0 Å². The van der Waals surface area contributed by atoms with Crippen molar-refractivity contribution in [1.82, 2.24) is 0 Å². The summed E-state index contributed by atoms with van der Waals surface area (Å²) in [5.41, 5.74) is 1.49. The van der Waals surface area contributed by atoms with Crippen LogP contribution in [0, 0.1) is 5.92 Å². The number of hydrogen-bond acceptors (Lipinski definition) is 1. The van der Waals surface area contributed by atoms with Crippen LogP contribution >= 0.6 is 0 Å². The predicted molar refractivity (Wildman–Crippen MR) is 72.2 cm³/mol. The van der Waals surface area contributed by atoms with E-state index in [9.17, 15) is 0 Å².